The molecule has 6 heteroatoms. The van der Waals surface area contributed by atoms with E-state index in [9.17, 15) is 19.5 Å². The Morgan fingerprint density at radius 3 is 1.91 bits per heavy atom. The predicted molar refractivity (Wildman–Crippen MR) is 76.8 cm³/mol. The zero-order chi connectivity index (χ0) is 16.3. The van der Waals surface area contributed by atoms with Crippen LogP contribution in [0.5, 0.6) is 5.75 Å². The maximum atomic E-state index is 12.5. The summed E-state index contributed by atoms with van der Waals surface area (Å²) in [7, 11) is 1.38. The van der Waals surface area contributed by atoms with Crippen LogP contribution in [-0.4, -0.2) is 35.0 Å². The van der Waals surface area contributed by atoms with Crippen LogP contribution in [0.4, 0.5) is 0 Å². The van der Waals surface area contributed by atoms with Gasteiger partial charge >= 0.3 is 11.9 Å². The molecule has 0 saturated carbocycles. The Bertz CT molecular complexity index is 763. The minimum Gasteiger partial charge on any atom is -0.497 e. The molecule has 2 aromatic rings. The van der Waals surface area contributed by atoms with E-state index >= 15 is 0 Å². The quantitative estimate of drug-likeness (QED) is 0.822. The summed E-state index contributed by atoms with van der Waals surface area (Å²) in [5.74, 6) is -2.93. The van der Waals surface area contributed by atoms with Crippen molar-refractivity contribution in [3.8, 4) is 5.75 Å². The van der Waals surface area contributed by atoms with E-state index in [0.29, 0.717) is 5.75 Å². The van der Waals surface area contributed by atoms with Crippen LogP contribution in [0.2, 0.25) is 0 Å². The molecule has 0 aliphatic carbocycles. The van der Waals surface area contributed by atoms with Crippen LogP contribution in [0.15, 0.2) is 42.5 Å². The number of ketones is 1. The molecule has 0 spiro atoms. The number of hydrogen-bond acceptors (Lipinski definition) is 4. The van der Waals surface area contributed by atoms with Crippen molar-refractivity contribution in [2.24, 2.45) is 0 Å². The van der Waals surface area contributed by atoms with Gasteiger partial charge in [-0.05, 0) is 24.3 Å². The van der Waals surface area contributed by atoms with Crippen molar-refractivity contribution in [3.63, 3.8) is 0 Å². The first-order chi connectivity index (χ1) is 10.5. The van der Waals surface area contributed by atoms with Crippen molar-refractivity contribution in [2.45, 2.75) is 0 Å². The van der Waals surface area contributed by atoms with Crippen molar-refractivity contribution >= 4 is 17.7 Å². The average Bonchev–Trinajstić information content (AvgIpc) is 2.53. The minimum absolute atomic E-state index is 0.0670. The molecule has 112 valence electrons. The van der Waals surface area contributed by atoms with Crippen molar-refractivity contribution in [1.82, 2.24) is 0 Å². The molecule has 0 atom stereocenters. The van der Waals surface area contributed by atoms with Gasteiger partial charge in [-0.2, -0.15) is 0 Å². The monoisotopic (exact) mass is 300 g/mol. The normalized spacial score (nSPS) is 10.0. The van der Waals surface area contributed by atoms with Gasteiger partial charge in [0.15, 0.2) is 5.78 Å². The Hall–Kier alpha value is -3.15. The lowest BCUT2D eigenvalue weighted by Crippen LogP contribution is -2.13. The highest BCUT2D eigenvalue weighted by molar-refractivity contribution is 6.17. The largest absolute Gasteiger partial charge is 0.497 e. The highest BCUT2D eigenvalue weighted by atomic mass is 16.5. The van der Waals surface area contributed by atoms with E-state index in [2.05, 4.69) is 0 Å². The molecule has 0 bridgehead atoms. The third kappa shape index (κ3) is 2.80. The number of carboxylic acid groups (broad SMARTS) is 2. The molecule has 2 rings (SSSR count). The molecular weight excluding hydrogens is 288 g/mol. The molecule has 22 heavy (non-hydrogen) atoms. The topological polar surface area (TPSA) is 101 Å². The van der Waals surface area contributed by atoms with E-state index in [4.69, 9.17) is 9.84 Å². The van der Waals surface area contributed by atoms with Gasteiger partial charge in [-0.15, -0.1) is 0 Å². The Kier molecular flexibility index (Phi) is 4.22. The molecule has 0 aliphatic rings. The number of carbonyl (C=O) groups excluding carboxylic acids is 1. The lowest BCUT2D eigenvalue weighted by molar-refractivity contribution is 0.0686. The molecule has 0 saturated heterocycles. The minimum atomic E-state index is -1.30. The first-order valence-corrected chi connectivity index (χ1v) is 6.24. The average molecular weight is 300 g/mol. The Morgan fingerprint density at radius 2 is 1.36 bits per heavy atom. The Balaban J connectivity index is 2.60. The molecule has 2 N–H and O–H groups in total. The van der Waals surface area contributed by atoms with E-state index < -0.39 is 17.7 Å². The van der Waals surface area contributed by atoms with Crippen LogP contribution in [0.1, 0.15) is 36.6 Å². The maximum absolute atomic E-state index is 12.5. The fourth-order valence-electron chi connectivity index (χ4n) is 2.04. The number of carboxylic acids is 2. The summed E-state index contributed by atoms with van der Waals surface area (Å²) in [4.78, 5) is 35.0. The van der Waals surface area contributed by atoms with Gasteiger partial charge in [0.25, 0.3) is 0 Å². The smallest absolute Gasteiger partial charge is 0.336 e. The SMILES string of the molecule is COc1ccc(C(=O)c2ccccc2C(=O)O)c(C(=O)O)c1. The van der Waals surface area contributed by atoms with E-state index in [1.807, 2.05) is 0 Å². The van der Waals surface area contributed by atoms with Gasteiger partial charge in [0, 0.05) is 11.1 Å². The highest BCUT2D eigenvalue weighted by Crippen LogP contribution is 2.22. The van der Waals surface area contributed by atoms with Crippen LogP contribution < -0.4 is 4.74 Å². The molecule has 0 unspecified atom stereocenters. The summed E-state index contributed by atoms with van der Waals surface area (Å²) in [5, 5.41) is 18.4. The van der Waals surface area contributed by atoms with E-state index in [1.54, 1.807) is 0 Å². The summed E-state index contributed by atoms with van der Waals surface area (Å²) < 4.78 is 4.94. The standard InChI is InChI=1S/C16H12O6/c1-22-9-6-7-11(13(8-9)16(20)21)14(17)10-4-2-3-5-12(10)15(18)19/h2-8H,1H3,(H,18,19)(H,20,21). The lowest BCUT2D eigenvalue weighted by atomic mass is 9.95. The maximum Gasteiger partial charge on any atom is 0.336 e. The van der Waals surface area contributed by atoms with Gasteiger partial charge < -0.3 is 14.9 Å². The molecule has 0 heterocycles. The zero-order valence-corrected chi connectivity index (χ0v) is 11.6. The molecule has 0 fully saturated rings. The first kappa shape index (κ1) is 15.2. The molecule has 2 aromatic carbocycles. The van der Waals surface area contributed by atoms with Crippen LogP contribution in [0, 0.1) is 0 Å². The van der Waals surface area contributed by atoms with Crippen molar-refractivity contribution in [3.05, 3.63) is 64.7 Å². The van der Waals surface area contributed by atoms with Crippen LogP contribution in [0.3, 0.4) is 0 Å². The van der Waals surface area contributed by atoms with Crippen molar-refractivity contribution < 1.29 is 29.3 Å². The number of benzene rings is 2. The van der Waals surface area contributed by atoms with Gasteiger partial charge in [0.1, 0.15) is 5.75 Å². The first-order valence-electron chi connectivity index (χ1n) is 6.24. The van der Waals surface area contributed by atoms with Crippen LogP contribution >= 0.6 is 0 Å². The van der Waals surface area contributed by atoms with Gasteiger partial charge in [-0.3, -0.25) is 4.79 Å². The molecule has 0 aliphatic heterocycles. The third-order valence-electron chi connectivity index (χ3n) is 3.10. The highest BCUT2D eigenvalue weighted by Gasteiger charge is 2.22. The fraction of sp³-hybridized carbons (Fsp3) is 0.0625. The predicted octanol–water partition coefficient (Wildman–Crippen LogP) is 2.32. The van der Waals surface area contributed by atoms with Gasteiger partial charge in [0.05, 0.1) is 18.2 Å². The third-order valence-corrected chi connectivity index (χ3v) is 3.10. The zero-order valence-electron chi connectivity index (χ0n) is 11.6. The summed E-state index contributed by atoms with van der Waals surface area (Å²) >= 11 is 0. The van der Waals surface area contributed by atoms with Gasteiger partial charge in [-0.1, -0.05) is 18.2 Å². The Morgan fingerprint density at radius 1 is 0.818 bits per heavy atom. The second-order valence-electron chi connectivity index (χ2n) is 4.40. The fourth-order valence-corrected chi connectivity index (χ4v) is 2.04. The molecule has 6 nitrogen and oxygen atoms in total. The number of aromatic carboxylic acids is 2. The molecular formula is C16H12O6. The summed E-state index contributed by atoms with van der Waals surface area (Å²) in [6.45, 7) is 0. The van der Waals surface area contributed by atoms with E-state index in [0.717, 1.165) is 0 Å². The number of ether oxygens (including phenoxy) is 1. The van der Waals surface area contributed by atoms with Crippen molar-refractivity contribution in [2.75, 3.05) is 7.11 Å². The van der Waals surface area contributed by atoms with Gasteiger partial charge in [0.2, 0.25) is 0 Å². The lowest BCUT2D eigenvalue weighted by Gasteiger charge is -2.09. The van der Waals surface area contributed by atoms with E-state index in [1.165, 1.54) is 49.6 Å². The van der Waals surface area contributed by atoms with Gasteiger partial charge in [-0.25, -0.2) is 9.59 Å². The number of rotatable bonds is 5. The summed E-state index contributed by atoms with van der Waals surface area (Å²) in [6.07, 6.45) is 0. The number of hydrogen-bond donors (Lipinski definition) is 2. The summed E-state index contributed by atoms with van der Waals surface area (Å²) in [6, 6.07) is 9.63. The second kappa shape index (κ2) is 6.09. The molecule has 0 aromatic heterocycles. The van der Waals surface area contributed by atoms with Crippen LogP contribution in [-0.2, 0) is 0 Å². The van der Waals surface area contributed by atoms with Crippen molar-refractivity contribution in [1.29, 1.82) is 0 Å². The molecule has 0 radical (unpaired) electrons. The van der Waals surface area contributed by atoms with Crippen LogP contribution in [0.25, 0.3) is 0 Å². The van der Waals surface area contributed by atoms with E-state index in [-0.39, 0.29) is 22.3 Å². The number of methoxy groups -OCH3 is 1. The second-order valence-corrected chi connectivity index (χ2v) is 4.40. The molecule has 0 amide bonds. The Labute approximate surface area is 125 Å². The number of carbonyl (C=O) groups is 3. The summed E-state index contributed by atoms with van der Waals surface area (Å²) in [5.41, 5.74) is -0.589.